The zero-order chi connectivity index (χ0) is 20.4. The minimum absolute atomic E-state index is 0.152. The number of methoxy groups -OCH3 is 1. The Morgan fingerprint density at radius 3 is 2.69 bits per heavy atom. The summed E-state index contributed by atoms with van der Waals surface area (Å²) in [5.74, 6) is 2.07. The van der Waals surface area contributed by atoms with Crippen LogP contribution in [0.2, 0.25) is 5.02 Å². The molecule has 4 aromatic rings. The van der Waals surface area contributed by atoms with Gasteiger partial charge in [0.15, 0.2) is 11.5 Å². The number of halogens is 1. The summed E-state index contributed by atoms with van der Waals surface area (Å²) in [6.07, 6.45) is 0. The first-order valence-corrected chi connectivity index (χ1v) is 9.11. The highest BCUT2D eigenvalue weighted by molar-refractivity contribution is 6.30. The molecule has 0 amide bonds. The van der Waals surface area contributed by atoms with Gasteiger partial charge in [0.1, 0.15) is 17.2 Å². The van der Waals surface area contributed by atoms with Gasteiger partial charge in [-0.3, -0.25) is 0 Å². The van der Waals surface area contributed by atoms with Crippen molar-refractivity contribution in [3.63, 3.8) is 0 Å². The maximum Gasteiger partial charge on any atom is 0.282 e. The van der Waals surface area contributed by atoms with E-state index in [1.54, 1.807) is 25.3 Å². The molecule has 29 heavy (non-hydrogen) atoms. The van der Waals surface area contributed by atoms with E-state index >= 15 is 0 Å². The van der Waals surface area contributed by atoms with Gasteiger partial charge in [0, 0.05) is 10.6 Å². The number of hydrogen-bond acceptors (Lipinski definition) is 8. The highest BCUT2D eigenvalue weighted by atomic mass is 35.5. The molecule has 0 bridgehead atoms. The van der Waals surface area contributed by atoms with Gasteiger partial charge in [-0.15, -0.1) is 5.10 Å². The highest BCUT2D eigenvalue weighted by Gasteiger charge is 2.21. The number of hydrogen-bond donors (Lipinski definition) is 1. The van der Waals surface area contributed by atoms with E-state index in [1.165, 1.54) is 4.68 Å². The Labute approximate surface area is 171 Å². The van der Waals surface area contributed by atoms with Crippen LogP contribution in [0.4, 0.5) is 5.82 Å². The van der Waals surface area contributed by atoms with E-state index in [-0.39, 0.29) is 17.4 Å². The van der Waals surface area contributed by atoms with Gasteiger partial charge in [0.05, 0.1) is 13.7 Å². The van der Waals surface area contributed by atoms with Crippen molar-refractivity contribution < 1.29 is 14.0 Å². The van der Waals surface area contributed by atoms with Gasteiger partial charge in [0.25, 0.3) is 5.89 Å². The number of ether oxygens (including phenoxy) is 2. The Kier molecular flexibility index (Phi) is 5.05. The fourth-order valence-corrected chi connectivity index (χ4v) is 2.92. The molecular weight excluding hydrogens is 396 g/mol. The molecule has 2 aromatic carbocycles. The van der Waals surface area contributed by atoms with Crippen molar-refractivity contribution in [2.24, 2.45) is 0 Å². The second kappa shape index (κ2) is 7.80. The fraction of sp³-hybridized carbons (Fsp3) is 0.158. The normalized spacial score (nSPS) is 10.9. The van der Waals surface area contributed by atoms with Crippen LogP contribution in [0, 0.1) is 0 Å². The van der Waals surface area contributed by atoms with Gasteiger partial charge < -0.3 is 19.7 Å². The minimum atomic E-state index is 0.152. The summed E-state index contributed by atoms with van der Waals surface area (Å²) >= 11 is 6.09. The van der Waals surface area contributed by atoms with Gasteiger partial charge in [-0.2, -0.15) is 9.67 Å². The molecule has 0 spiro atoms. The number of nitrogen functional groups attached to an aromatic ring is 1. The van der Waals surface area contributed by atoms with Crippen LogP contribution in [0.5, 0.6) is 11.5 Å². The van der Waals surface area contributed by atoms with Crippen LogP contribution in [0.15, 0.2) is 47.0 Å². The third-order valence-corrected chi connectivity index (χ3v) is 4.36. The van der Waals surface area contributed by atoms with Crippen LogP contribution in [-0.4, -0.2) is 38.9 Å². The largest absolute Gasteiger partial charge is 0.494 e. The summed E-state index contributed by atoms with van der Waals surface area (Å²) in [5, 5.41) is 12.7. The molecule has 0 aliphatic heterocycles. The summed E-state index contributed by atoms with van der Waals surface area (Å²) in [6, 6.07) is 12.5. The van der Waals surface area contributed by atoms with Crippen LogP contribution in [0.1, 0.15) is 6.92 Å². The third kappa shape index (κ3) is 3.59. The molecule has 2 N–H and O–H groups in total. The molecule has 0 aliphatic carbocycles. The highest BCUT2D eigenvalue weighted by Crippen LogP contribution is 2.31. The van der Waals surface area contributed by atoms with Gasteiger partial charge >= 0.3 is 0 Å². The molecule has 0 saturated carbocycles. The lowest BCUT2D eigenvalue weighted by Gasteiger charge is -2.09. The van der Waals surface area contributed by atoms with Crippen molar-refractivity contribution in [2.45, 2.75) is 6.92 Å². The van der Waals surface area contributed by atoms with Crippen molar-refractivity contribution in [3.8, 4) is 40.2 Å². The summed E-state index contributed by atoms with van der Waals surface area (Å²) in [5.41, 5.74) is 7.81. The number of nitrogens with two attached hydrogens (primary N) is 1. The number of rotatable bonds is 6. The zero-order valence-corrected chi connectivity index (χ0v) is 16.4. The SMILES string of the molecule is CCOc1ccc(-c2noc(-c3nnn(-c4cc(Cl)ccc4OC)c3N)n2)cc1. The smallest absolute Gasteiger partial charge is 0.282 e. The molecule has 0 aliphatic rings. The molecule has 0 saturated heterocycles. The molecule has 0 fully saturated rings. The Morgan fingerprint density at radius 2 is 1.97 bits per heavy atom. The molecule has 4 rings (SSSR count). The zero-order valence-electron chi connectivity index (χ0n) is 15.7. The Hall–Kier alpha value is -3.59. The predicted molar refractivity (Wildman–Crippen MR) is 107 cm³/mol. The first kappa shape index (κ1) is 18.8. The Balaban J connectivity index is 1.67. The number of nitrogens with zero attached hydrogens (tertiary/aromatic N) is 5. The van der Waals surface area contributed by atoms with E-state index in [0.717, 1.165) is 11.3 Å². The second-order valence-electron chi connectivity index (χ2n) is 5.93. The lowest BCUT2D eigenvalue weighted by Crippen LogP contribution is -2.04. The summed E-state index contributed by atoms with van der Waals surface area (Å²) < 4.78 is 17.5. The summed E-state index contributed by atoms with van der Waals surface area (Å²) in [4.78, 5) is 4.38. The lowest BCUT2D eigenvalue weighted by molar-refractivity contribution is 0.340. The van der Waals surface area contributed by atoms with Crippen LogP contribution < -0.4 is 15.2 Å². The number of aromatic nitrogens is 5. The molecule has 0 radical (unpaired) electrons. The van der Waals surface area contributed by atoms with Gasteiger partial charge in [-0.1, -0.05) is 22.0 Å². The maximum absolute atomic E-state index is 6.24. The van der Waals surface area contributed by atoms with Crippen LogP contribution in [0.3, 0.4) is 0 Å². The fourth-order valence-electron chi connectivity index (χ4n) is 2.75. The van der Waals surface area contributed by atoms with E-state index in [1.807, 2.05) is 31.2 Å². The number of anilines is 1. The third-order valence-electron chi connectivity index (χ3n) is 4.13. The topological polar surface area (TPSA) is 114 Å². The first-order valence-electron chi connectivity index (χ1n) is 8.73. The van der Waals surface area contributed by atoms with E-state index in [4.69, 9.17) is 31.3 Å². The molecule has 0 unspecified atom stereocenters. The van der Waals surface area contributed by atoms with Crippen molar-refractivity contribution in [2.75, 3.05) is 19.5 Å². The van der Waals surface area contributed by atoms with E-state index in [0.29, 0.717) is 28.9 Å². The first-order chi connectivity index (χ1) is 14.1. The van der Waals surface area contributed by atoms with Crippen molar-refractivity contribution in [1.82, 2.24) is 25.1 Å². The van der Waals surface area contributed by atoms with Crippen LogP contribution >= 0.6 is 11.6 Å². The van der Waals surface area contributed by atoms with Crippen molar-refractivity contribution >= 4 is 17.4 Å². The van der Waals surface area contributed by atoms with Crippen molar-refractivity contribution in [1.29, 1.82) is 0 Å². The number of benzene rings is 2. The van der Waals surface area contributed by atoms with E-state index in [2.05, 4.69) is 20.5 Å². The van der Waals surface area contributed by atoms with Crippen LogP contribution in [-0.2, 0) is 0 Å². The quantitative estimate of drug-likeness (QED) is 0.510. The standard InChI is InChI=1S/C19H17ClN6O3/c1-3-28-13-7-4-11(5-8-13)18-22-19(29-24-18)16-17(21)26(25-23-16)14-10-12(20)6-9-15(14)27-2/h4-10H,3,21H2,1-2H3. The summed E-state index contributed by atoms with van der Waals surface area (Å²) in [7, 11) is 1.54. The molecule has 148 valence electrons. The predicted octanol–water partition coefficient (Wildman–Crippen LogP) is 3.63. The van der Waals surface area contributed by atoms with Crippen LogP contribution in [0.25, 0.3) is 28.7 Å². The Morgan fingerprint density at radius 1 is 1.17 bits per heavy atom. The van der Waals surface area contributed by atoms with E-state index < -0.39 is 0 Å². The van der Waals surface area contributed by atoms with Gasteiger partial charge in [-0.05, 0) is 49.4 Å². The monoisotopic (exact) mass is 412 g/mol. The summed E-state index contributed by atoms with van der Waals surface area (Å²) in [6.45, 7) is 2.52. The maximum atomic E-state index is 6.24. The lowest BCUT2D eigenvalue weighted by atomic mass is 10.2. The van der Waals surface area contributed by atoms with Gasteiger partial charge in [0.2, 0.25) is 5.82 Å². The molecule has 2 aromatic heterocycles. The molecular formula is C19H17ClN6O3. The van der Waals surface area contributed by atoms with Crippen molar-refractivity contribution in [3.05, 3.63) is 47.5 Å². The minimum Gasteiger partial charge on any atom is -0.494 e. The van der Waals surface area contributed by atoms with Gasteiger partial charge in [-0.25, -0.2) is 0 Å². The molecule has 9 nitrogen and oxygen atoms in total. The molecule has 0 atom stereocenters. The van der Waals surface area contributed by atoms with E-state index in [9.17, 15) is 0 Å². The average molecular weight is 413 g/mol. The Bertz CT molecular complexity index is 1140. The molecule has 10 heteroatoms. The average Bonchev–Trinajstić information content (AvgIpc) is 3.35. The second-order valence-corrected chi connectivity index (χ2v) is 6.37. The molecule has 2 heterocycles.